The fourth-order valence-corrected chi connectivity index (χ4v) is 5.58. The third kappa shape index (κ3) is 8.05. The van der Waals surface area contributed by atoms with Crippen molar-refractivity contribution in [3.05, 3.63) is 107 Å². The monoisotopic (exact) mass is 570 g/mol. The molecular weight excluding hydrogens is 545 g/mol. The SMILES string of the molecule is FC(F)(F)Oc1cccc(SN2CCN(c3ccc(C=Cc4cc(Cl)cc(Cn5ccnc5)c4)cc3)CC2)c1. The lowest BCUT2D eigenvalue weighted by Crippen LogP contribution is -2.43. The highest BCUT2D eigenvalue weighted by Crippen LogP contribution is 2.30. The van der Waals surface area contributed by atoms with Gasteiger partial charge in [0, 0.05) is 60.7 Å². The van der Waals surface area contributed by atoms with E-state index in [1.807, 2.05) is 22.9 Å². The fourth-order valence-electron chi connectivity index (χ4n) is 4.36. The van der Waals surface area contributed by atoms with Crippen LogP contribution in [0.3, 0.4) is 0 Å². The summed E-state index contributed by atoms with van der Waals surface area (Å²) in [5, 5.41) is 0.697. The number of ether oxygens (including phenoxy) is 1. The molecule has 202 valence electrons. The summed E-state index contributed by atoms with van der Waals surface area (Å²) in [7, 11) is 0. The summed E-state index contributed by atoms with van der Waals surface area (Å²) in [6.07, 6.45) is 4.90. The van der Waals surface area contributed by atoms with Gasteiger partial charge in [-0.15, -0.1) is 13.2 Å². The van der Waals surface area contributed by atoms with Gasteiger partial charge in [0.1, 0.15) is 5.75 Å². The Morgan fingerprint density at radius 3 is 2.41 bits per heavy atom. The van der Waals surface area contributed by atoms with Crippen LogP contribution >= 0.6 is 23.5 Å². The predicted molar refractivity (Wildman–Crippen MR) is 151 cm³/mol. The molecule has 1 fully saturated rings. The number of imidazole rings is 1. The zero-order valence-corrected chi connectivity index (χ0v) is 22.5. The van der Waals surface area contributed by atoms with Crippen LogP contribution in [0.1, 0.15) is 16.7 Å². The second kappa shape index (κ2) is 12.2. The van der Waals surface area contributed by atoms with Gasteiger partial charge in [0.05, 0.1) is 6.33 Å². The molecule has 4 aromatic rings. The van der Waals surface area contributed by atoms with E-state index in [1.54, 1.807) is 24.7 Å². The first-order chi connectivity index (χ1) is 18.8. The lowest BCUT2D eigenvalue weighted by Gasteiger charge is -2.35. The van der Waals surface area contributed by atoms with Crippen LogP contribution in [0, 0.1) is 0 Å². The first-order valence-corrected chi connectivity index (χ1v) is 13.5. The number of aromatic nitrogens is 2. The molecule has 1 aliphatic rings. The van der Waals surface area contributed by atoms with Gasteiger partial charge in [-0.3, -0.25) is 0 Å². The zero-order chi connectivity index (χ0) is 27.2. The molecule has 1 aliphatic heterocycles. The maximum absolute atomic E-state index is 12.5. The van der Waals surface area contributed by atoms with E-state index in [0.717, 1.165) is 53.5 Å². The Kier molecular flexibility index (Phi) is 8.50. The number of anilines is 1. The maximum atomic E-state index is 12.5. The number of benzene rings is 3. The Morgan fingerprint density at radius 2 is 1.69 bits per heavy atom. The lowest BCUT2D eigenvalue weighted by molar-refractivity contribution is -0.274. The molecule has 0 N–H and O–H groups in total. The smallest absolute Gasteiger partial charge is 0.406 e. The highest BCUT2D eigenvalue weighted by molar-refractivity contribution is 7.97. The van der Waals surface area contributed by atoms with Crippen LogP contribution in [0.4, 0.5) is 18.9 Å². The topological polar surface area (TPSA) is 33.5 Å². The minimum absolute atomic E-state index is 0.203. The van der Waals surface area contributed by atoms with Gasteiger partial charge in [0.25, 0.3) is 0 Å². The van der Waals surface area contributed by atoms with E-state index in [9.17, 15) is 13.2 Å². The van der Waals surface area contributed by atoms with E-state index >= 15 is 0 Å². The molecular formula is C29H26ClF3N4OS. The minimum atomic E-state index is -4.69. The number of nitrogens with zero attached hydrogens (tertiary/aromatic N) is 4. The summed E-state index contributed by atoms with van der Waals surface area (Å²) in [5.41, 5.74) is 4.37. The van der Waals surface area contributed by atoms with Crippen molar-refractivity contribution in [2.45, 2.75) is 17.8 Å². The Bertz CT molecular complexity index is 1400. The van der Waals surface area contributed by atoms with E-state index < -0.39 is 6.36 Å². The Morgan fingerprint density at radius 1 is 0.923 bits per heavy atom. The van der Waals surface area contributed by atoms with Crippen molar-refractivity contribution in [3.8, 4) is 5.75 Å². The van der Waals surface area contributed by atoms with E-state index in [0.29, 0.717) is 11.6 Å². The molecule has 5 nitrogen and oxygen atoms in total. The van der Waals surface area contributed by atoms with E-state index in [1.165, 1.54) is 24.1 Å². The minimum Gasteiger partial charge on any atom is -0.406 e. The summed E-state index contributed by atoms with van der Waals surface area (Å²) in [6, 6.07) is 20.5. The molecule has 0 bridgehead atoms. The quantitative estimate of drug-likeness (QED) is 0.162. The fraction of sp³-hybridized carbons (Fsp3) is 0.207. The van der Waals surface area contributed by atoms with Gasteiger partial charge in [-0.25, -0.2) is 9.29 Å². The Labute approximate surface area is 234 Å². The molecule has 0 amide bonds. The third-order valence-corrected chi connectivity index (χ3v) is 7.45. The predicted octanol–water partition coefficient (Wildman–Crippen LogP) is 7.48. The van der Waals surface area contributed by atoms with Crippen molar-refractivity contribution < 1.29 is 17.9 Å². The number of piperazine rings is 1. The molecule has 0 aliphatic carbocycles. The normalized spacial score (nSPS) is 14.7. The van der Waals surface area contributed by atoms with Crippen LogP contribution in [-0.4, -0.2) is 46.4 Å². The molecule has 1 aromatic heterocycles. The number of hydrogen-bond acceptors (Lipinski definition) is 5. The van der Waals surface area contributed by atoms with Crippen LogP contribution < -0.4 is 9.64 Å². The largest absolute Gasteiger partial charge is 0.573 e. The van der Waals surface area contributed by atoms with Crippen LogP contribution in [0.25, 0.3) is 12.2 Å². The van der Waals surface area contributed by atoms with E-state index in [4.69, 9.17) is 11.6 Å². The average Bonchev–Trinajstić information content (AvgIpc) is 3.40. The highest BCUT2D eigenvalue weighted by Gasteiger charge is 2.31. The zero-order valence-electron chi connectivity index (χ0n) is 20.9. The Balaban J connectivity index is 1.14. The van der Waals surface area contributed by atoms with Crippen molar-refractivity contribution in [1.82, 2.24) is 13.9 Å². The van der Waals surface area contributed by atoms with Gasteiger partial charge < -0.3 is 14.2 Å². The molecule has 3 aromatic carbocycles. The van der Waals surface area contributed by atoms with Crippen molar-refractivity contribution in [1.29, 1.82) is 0 Å². The molecule has 0 spiro atoms. The molecule has 2 heterocycles. The van der Waals surface area contributed by atoms with Gasteiger partial charge in [0.2, 0.25) is 0 Å². The third-order valence-electron chi connectivity index (χ3n) is 6.14. The van der Waals surface area contributed by atoms with Gasteiger partial charge in [-0.05, 0) is 77.2 Å². The molecule has 0 atom stereocenters. The summed E-state index contributed by atoms with van der Waals surface area (Å²) in [5.74, 6) is -0.203. The van der Waals surface area contributed by atoms with Gasteiger partial charge in [-0.1, -0.05) is 42.0 Å². The molecule has 10 heteroatoms. The van der Waals surface area contributed by atoms with Crippen LogP contribution in [0.5, 0.6) is 5.75 Å². The second-order valence-corrected chi connectivity index (χ2v) is 10.7. The van der Waals surface area contributed by atoms with Crippen molar-refractivity contribution in [2.24, 2.45) is 0 Å². The molecule has 5 rings (SSSR count). The highest BCUT2D eigenvalue weighted by atomic mass is 35.5. The number of halogens is 4. The van der Waals surface area contributed by atoms with Gasteiger partial charge >= 0.3 is 6.36 Å². The lowest BCUT2D eigenvalue weighted by atomic mass is 10.1. The van der Waals surface area contributed by atoms with E-state index in [2.05, 4.69) is 61.4 Å². The molecule has 0 radical (unpaired) electrons. The summed E-state index contributed by atoms with van der Waals surface area (Å²) < 4.78 is 45.7. The van der Waals surface area contributed by atoms with Gasteiger partial charge in [-0.2, -0.15) is 0 Å². The van der Waals surface area contributed by atoms with Crippen LogP contribution in [0.2, 0.25) is 5.02 Å². The molecule has 0 unspecified atom stereocenters. The Hall–Kier alpha value is -3.40. The standard InChI is InChI=1S/C29H26ClF3N4OS/c30-25-17-23(16-24(18-25)20-35-11-10-34-21-35)5-4-22-6-8-26(9-7-22)36-12-14-37(15-13-36)39-28-3-1-2-27(19-28)38-29(31,32)33/h1-11,16-19,21H,12-15,20H2. The summed E-state index contributed by atoms with van der Waals surface area (Å²) in [6.45, 7) is 3.92. The summed E-state index contributed by atoms with van der Waals surface area (Å²) >= 11 is 7.80. The maximum Gasteiger partial charge on any atom is 0.573 e. The van der Waals surface area contributed by atoms with Crippen molar-refractivity contribution >= 4 is 41.4 Å². The van der Waals surface area contributed by atoms with Gasteiger partial charge in [0.15, 0.2) is 0 Å². The number of hydrogen-bond donors (Lipinski definition) is 0. The first-order valence-electron chi connectivity index (χ1n) is 12.4. The van der Waals surface area contributed by atoms with Crippen molar-refractivity contribution in [3.63, 3.8) is 0 Å². The van der Waals surface area contributed by atoms with Crippen LogP contribution in [-0.2, 0) is 6.54 Å². The average molecular weight is 571 g/mol. The number of rotatable bonds is 8. The first kappa shape index (κ1) is 27.2. The van der Waals surface area contributed by atoms with Crippen molar-refractivity contribution in [2.75, 3.05) is 31.1 Å². The van der Waals surface area contributed by atoms with Crippen LogP contribution in [0.15, 0.2) is 90.3 Å². The number of alkyl halides is 3. The molecule has 39 heavy (non-hydrogen) atoms. The summed E-state index contributed by atoms with van der Waals surface area (Å²) in [4.78, 5) is 7.12. The second-order valence-electron chi connectivity index (χ2n) is 9.08. The molecule has 1 saturated heterocycles. The molecule has 0 saturated carbocycles. The van der Waals surface area contributed by atoms with E-state index in [-0.39, 0.29) is 5.75 Å².